The Kier molecular flexibility index (Phi) is 5.61. The fourth-order valence-electron chi connectivity index (χ4n) is 3.78. The molecule has 4 rings (SSSR count). The van der Waals surface area contributed by atoms with Gasteiger partial charge < -0.3 is 14.7 Å². The van der Waals surface area contributed by atoms with Gasteiger partial charge in [-0.3, -0.25) is 9.59 Å². The van der Waals surface area contributed by atoms with E-state index in [1.165, 1.54) is 40.5 Å². The number of methoxy groups -OCH3 is 1. The average molecular weight is 437 g/mol. The Morgan fingerprint density at radius 3 is 2.52 bits per heavy atom. The molecule has 7 heteroatoms. The van der Waals surface area contributed by atoms with E-state index in [-0.39, 0.29) is 17.9 Å². The van der Waals surface area contributed by atoms with Crippen LogP contribution in [0.4, 0.5) is 4.39 Å². The number of thiophene rings is 1. The third-order valence-corrected chi connectivity index (χ3v) is 6.18. The molecule has 1 aliphatic heterocycles. The number of amides is 1. The molecule has 1 aromatic heterocycles. The molecule has 1 N–H and O–H groups in total. The fraction of sp³-hybridized carbons (Fsp3) is 0.167. The normalized spacial score (nSPS) is 17.9. The molecule has 31 heavy (non-hydrogen) atoms. The molecule has 1 unspecified atom stereocenters. The zero-order valence-corrected chi connectivity index (χ0v) is 17.8. The maximum atomic E-state index is 13.6. The summed E-state index contributed by atoms with van der Waals surface area (Å²) in [6, 6.07) is 13.6. The standard InChI is InChI=1S/C24H20FNO4S/c1-14-12-17(30-2)9-10-19(14)22(27)20-21(15-5-7-16(25)8-6-15)26(24(29)23(20)28)13-18-4-3-11-31-18/h3-12,21,27H,13H2,1-2H3/b22-20-. The van der Waals surface area contributed by atoms with Crippen LogP contribution in [-0.2, 0) is 16.1 Å². The van der Waals surface area contributed by atoms with Gasteiger partial charge in [0, 0.05) is 10.4 Å². The Bertz CT molecular complexity index is 1170. The molecule has 2 aromatic carbocycles. The smallest absolute Gasteiger partial charge is 0.295 e. The van der Waals surface area contributed by atoms with Gasteiger partial charge in [-0.2, -0.15) is 0 Å². The number of Topliss-reactive ketones (excluding diaryl/α,β-unsaturated/α-hetero) is 1. The number of halogens is 1. The number of aliphatic hydroxyl groups is 1. The molecule has 1 amide bonds. The van der Waals surface area contributed by atoms with Gasteiger partial charge in [0.1, 0.15) is 17.3 Å². The Hall–Kier alpha value is -3.45. The van der Waals surface area contributed by atoms with Crippen LogP contribution in [-0.4, -0.2) is 28.8 Å². The summed E-state index contributed by atoms with van der Waals surface area (Å²) in [5.74, 6) is -1.54. The van der Waals surface area contributed by atoms with Crippen LogP contribution in [0.2, 0.25) is 0 Å². The Balaban J connectivity index is 1.87. The minimum atomic E-state index is -0.829. The monoisotopic (exact) mass is 437 g/mol. The van der Waals surface area contributed by atoms with Crippen LogP contribution in [0.25, 0.3) is 5.76 Å². The largest absolute Gasteiger partial charge is 0.507 e. The van der Waals surface area contributed by atoms with E-state index in [1.807, 2.05) is 17.5 Å². The number of ketones is 1. The molecular formula is C24H20FNO4S. The highest BCUT2D eigenvalue weighted by atomic mass is 32.1. The van der Waals surface area contributed by atoms with E-state index in [4.69, 9.17) is 4.74 Å². The molecule has 0 aliphatic carbocycles. The van der Waals surface area contributed by atoms with Gasteiger partial charge in [-0.15, -0.1) is 11.3 Å². The molecule has 3 aromatic rings. The lowest BCUT2D eigenvalue weighted by atomic mass is 9.94. The summed E-state index contributed by atoms with van der Waals surface area (Å²) < 4.78 is 18.8. The number of aryl methyl sites for hydroxylation is 1. The third-order valence-electron chi connectivity index (χ3n) is 5.32. The van der Waals surface area contributed by atoms with Gasteiger partial charge in [0.2, 0.25) is 0 Å². The number of carbonyl (C=O) groups is 2. The molecule has 0 radical (unpaired) electrons. The van der Waals surface area contributed by atoms with Crippen molar-refractivity contribution in [2.24, 2.45) is 0 Å². The summed E-state index contributed by atoms with van der Waals surface area (Å²) in [4.78, 5) is 28.3. The second kappa shape index (κ2) is 8.35. The second-order valence-electron chi connectivity index (χ2n) is 7.24. The summed E-state index contributed by atoms with van der Waals surface area (Å²) >= 11 is 1.47. The van der Waals surface area contributed by atoms with Gasteiger partial charge >= 0.3 is 0 Å². The van der Waals surface area contributed by atoms with Crippen LogP contribution >= 0.6 is 11.3 Å². The number of hydrogen-bond donors (Lipinski definition) is 1. The number of rotatable bonds is 5. The topological polar surface area (TPSA) is 66.8 Å². The van der Waals surface area contributed by atoms with Crippen molar-refractivity contribution in [3.8, 4) is 5.75 Å². The summed E-state index contributed by atoms with van der Waals surface area (Å²) in [6.07, 6.45) is 0. The number of benzene rings is 2. The van der Waals surface area contributed by atoms with Crippen molar-refractivity contribution < 1.29 is 23.8 Å². The lowest BCUT2D eigenvalue weighted by Gasteiger charge is -2.25. The molecular weight excluding hydrogens is 417 g/mol. The second-order valence-corrected chi connectivity index (χ2v) is 8.27. The van der Waals surface area contributed by atoms with Crippen LogP contribution in [0, 0.1) is 12.7 Å². The van der Waals surface area contributed by atoms with E-state index < -0.39 is 23.5 Å². The van der Waals surface area contributed by atoms with Crippen LogP contribution in [0.15, 0.2) is 65.6 Å². The van der Waals surface area contributed by atoms with E-state index in [1.54, 1.807) is 32.2 Å². The predicted molar refractivity (Wildman–Crippen MR) is 116 cm³/mol. The molecule has 5 nitrogen and oxygen atoms in total. The summed E-state index contributed by atoms with van der Waals surface area (Å²) in [5, 5.41) is 13.0. The van der Waals surface area contributed by atoms with E-state index in [9.17, 15) is 19.1 Å². The predicted octanol–water partition coefficient (Wildman–Crippen LogP) is 4.83. The zero-order chi connectivity index (χ0) is 22.1. The molecule has 0 saturated carbocycles. The highest BCUT2D eigenvalue weighted by molar-refractivity contribution is 7.09. The molecule has 2 heterocycles. The summed E-state index contributed by atoms with van der Waals surface area (Å²) in [7, 11) is 1.54. The lowest BCUT2D eigenvalue weighted by molar-refractivity contribution is -0.140. The summed E-state index contributed by atoms with van der Waals surface area (Å²) in [6.45, 7) is 1.99. The van der Waals surface area contributed by atoms with Gasteiger partial charge in [-0.1, -0.05) is 18.2 Å². The first-order chi connectivity index (χ1) is 14.9. The first-order valence-electron chi connectivity index (χ1n) is 9.62. The number of aliphatic hydroxyl groups excluding tert-OH is 1. The van der Waals surface area contributed by atoms with Crippen molar-refractivity contribution >= 4 is 28.8 Å². The molecule has 1 fully saturated rings. The van der Waals surface area contributed by atoms with Gasteiger partial charge in [-0.05, 0) is 59.8 Å². The first-order valence-corrected chi connectivity index (χ1v) is 10.5. The first kappa shape index (κ1) is 20.8. The van der Waals surface area contributed by atoms with Crippen LogP contribution in [0.3, 0.4) is 0 Å². The molecule has 158 valence electrons. The SMILES string of the molecule is COc1ccc(/C(O)=C2/C(=O)C(=O)N(Cc3cccs3)C2c2ccc(F)cc2)c(C)c1. The lowest BCUT2D eigenvalue weighted by Crippen LogP contribution is -2.28. The van der Waals surface area contributed by atoms with Crippen molar-refractivity contribution in [3.63, 3.8) is 0 Å². The van der Waals surface area contributed by atoms with Crippen molar-refractivity contribution in [1.29, 1.82) is 0 Å². The third kappa shape index (κ3) is 3.84. The molecule has 0 bridgehead atoms. The highest BCUT2D eigenvalue weighted by Gasteiger charge is 2.46. The molecule has 1 aliphatic rings. The quantitative estimate of drug-likeness (QED) is 0.353. The number of hydrogen-bond acceptors (Lipinski definition) is 5. The van der Waals surface area contributed by atoms with Crippen molar-refractivity contribution in [1.82, 2.24) is 4.90 Å². The maximum Gasteiger partial charge on any atom is 0.295 e. The molecule has 1 atom stereocenters. The maximum absolute atomic E-state index is 13.6. The van der Waals surface area contributed by atoms with Gasteiger partial charge in [0.25, 0.3) is 11.7 Å². The van der Waals surface area contributed by atoms with Crippen molar-refractivity contribution in [2.45, 2.75) is 19.5 Å². The van der Waals surface area contributed by atoms with E-state index in [2.05, 4.69) is 0 Å². The van der Waals surface area contributed by atoms with Gasteiger partial charge in [0.15, 0.2) is 0 Å². The van der Waals surface area contributed by atoms with E-state index >= 15 is 0 Å². The van der Waals surface area contributed by atoms with Gasteiger partial charge in [0.05, 0.1) is 25.3 Å². The Morgan fingerprint density at radius 1 is 1.16 bits per heavy atom. The Labute approximate surface area is 183 Å². The molecule has 0 spiro atoms. The van der Waals surface area contributed by atoms with E-state index in [0.717, 1.165) is 4.88 Å². The van der Waals surface area contributed by atoms with E-state index in [0.29, 0.717) is 22.4 Å². The highest BCUT2D eigenvalue weighted by Crippen LogP contribution is 2.41. The van der Waals surface area contributed by atoms with Crippen molar-refractivity contribution in [2.75, 3.05) is 7.11 Å². The average Bonchev–Trinajstić information content (AvgIpc) is 3.36. The van der Waals surface area contributed by atoms with Crippen LogP contribution in [0.1, 0.15) is 27.6 Å². The number of likely N-dealkylation sites (tertiary alicyclic amines) is 1. The minimum absolute atomic E-state index is 0.0126. The van der Waals surface area contributed by atoms with Crippen molar-refractivity contribution in [3.05, 3.63) is 92.9 Å². The summed E-state index contributed by atoms with van der Waals surface area (Å²) in [5.41, 5.74) is 1.66. The number of ether oxygens (including phenoxy) is 1. The van der Waals surface area contributed by atoms with Crippen LogP contribution < -0.4 is 4.74 Å². The minimum Gasteiger partial charge on any atom is -0.507 e. The zero-order valence-electron chi connectivity index (χ0n) is 17.0. The van der Waals surface area contributed by atoms with Gasteiger partial charge in [-0.25, -0.2) is 4.39 Å². The Morgan fingerprint density at radius 2 is 1.90 bits per heavy atom. The van der Waals surface area contributed by atoms with Crippen LogP contribution in [0.5, 0.6) is 5.75 Å². The fourth-order valence-corrected chi connectivity index (χ4v) is 4.48. The number of nitrogens with zero attached hydrogens (tertiary/aromatic N) is 1. The number of carbonyl (C=O) groups excluding carboxylic acids is 2. The molecule has 1 saturated heterocycles.